The second kappa shape index (κ2) is 13.4. The summed E-state index contributed by atoms with van der Waals surface area (Å²) in [5.41, 5.74) is 7.91. The maximum Gasteiger partial charge on any atom is 0.0791 e. The Morgan fingerprint density at radius 2 is 1.94 bits per heavy atom. The van der Waals surface area contributed by atoms with Crippen LogP contribution in [0, 0.1) is 5.92 Å². The number of β-amino-alcohol motifs (C(OH)–C–C–N with tert-alkyl or cyclic N) is 1. The average Bonchev–Trinajstić information content (AvgIpc) is 3.24. The van der Waals surface area contributed by atoms with Gasteiger partial charge < -0.3 is 20.3 Å². The van der Waals surface area contributed by atoms with Gasteiger partial charge in [0.25, 0.3) is 0 Å². The van der Waals surface area contributed by atoms with E-state index in [4.69, 9.17) is 0 Å². The molecule has 4 nitrogen and oxygen atoms in total. The van der Waals surface area contributed by atoms with Gasteiger partial charge in [0.1, 0.15) is 0 Å². The van der Waals surface area contributed by atoms with Crippen LogP contribution in [0.25, 0.3) is 16.5 Å². The van der Waals surface area contributed by atoms with Crippen molar-refractivity contribution < 1.29 is 5.11 Å². The van der Waals surface area contributed by atoms with Crippen LogP contribution in [0.4, 0.5) is 0 Å². The van der Waals surface area contributed by atoms with E-state index < -0.39 is 0 Å². The third kappa shape index (κ3) is 7.21. The molecule has 3 N–H and O–H groups in total. The topological polar surface area (TPSA) is 51.3 Å². The Morgan fingerprint density at radius 3 is 2.56 bits per heavy atom. The van der Waals surface area contributed by atoms with Gasteiger partial charge in [0.2, 0.25) is 0 Å². The van der Waals surface area contributed by atoms with E-state index in [1.54, 1.807) is 0 Å². The fraction of sp³-hybridized carbons (Fsp3) is 0.562. The van der Waals surface area contributed by atoms with Gasteiger partial charge in [-0.1, -0.05) is 71.1 Å². The van der Waals surface area contributed by atoms with Gasteiger partial charge in [-0.05, 0) is 86.4 Å². The predicted molar refractivity (Wildman–Crippen MR) is 157 cm³/mol. The number of benzene rings is 1. The number of fused-ring (bicyclic) bond motifs is 1. The highest BCUT2D eigenvalue weighted by molar-refractivity contribution is 5.92. The molecule has 0 amide bonds. The van der Waals surface area contributed by atoms with Gasteiger partial charge in [-0.2, -0.15) is 0 Å². The van der Waals surface area contributed by atoms with Crippen molar-refractivity contribution in [3.63, 3.8) is 0 Å². The van der Waals surface area contributed by atoms with Crippen LogP contribution in [0.1, 0.15) is 83.5 Å². The molecule has 1 saturated heterocycles. The van der Waals surface area contributed by atoms with Gasteiger partial charge in [-0.15, -0.1) is 0 Å². The molecule has 0 bridgehead atoms. The first-order chi connectivity index (χ1) is 17.3. The summed E-state index contributed by atoms with van der Waals surface area (Å²) in [6.07, 6.45) is 10.5. The molecule has 2 atom stereocenters. The normalized spacial score (nSPS) is 18.2. The van der Waals surface area contributed by atoms with Crippen molar-refractivity contribution in [1.29, 1.82) is 0 Å². The van der Waals surface area contributed by atoms with Crippen molar-refractivity contribution in [1.82, 2.24) is 15.2 Å². The van der Waals surface area contributed by atoms with Crippen molar-refractivity contribution in [3.8, 4) is 0 Å². The molecule has 198 valence electrons. The van der Waals surface area contributed by atoms with E-state index in [0.29, 0.717) is 24.4 Å². The second-order valence-corrected chi connectivity index (χ2v) is 11.0. The van der Waals surface area contributed by atoms with Crippen LogP contribution in [0.2, 0.25) is 0 Å². The Labute approximate surface area is 219 Å². The highest BCUT2D eigenvalue weighted by atomic mass is 16.3. The minimum atomic E-state index is -0.304. The van der Waals surface area contributed by atoms with Gasteiger partial charge in [0.05, 0.1) is 6.10 Å². The number of H-pyrrole nitrogens is 1. The lowest BCUT2D eigenvalue weighted by molar-refractivity contribution is 0.0948. The van der Waals surface area contributed by atoms with E-state index in [1.165, 1.54) is 38.9 Å². The van der Waals surface area contributed by atoms with Gasteiger partial charge in [-0.3, -0.25) is 0 Å². The summed E-state index contributed by atoms with van der Waals surface area (Å²) in [7, 11) is 0. The number of nitrogens with zero attached hydrogens (tertiary/aromatic N) is 1. The number of hydrogen-bond acceptors (Lipinski definition) is 3. The van der Waals surface area contributed by atoms with Crippen molar-refractivity contribution in [2.24, 2.45) is 5.92 Å². The molecule has 1 aromatic heterocycles. The summed E-state index contributed by atoms with van der Waals surface area (Å²) in [6, 6.07) is 7.44. The fourth-order valence-corrected chi connectivity index (χ4v) is 5.36. The van der Waals surface area contributed by atoms with E-state index in [9.17, 15) is 5.11 Å². The van der Waals surface area contributed by atoms with Gasteiger partial charge >= 0.3 is 0 Å². The number of aliphatic hydroxyl groups is 1. The van der Waals surface area contributed by atoms with Crippen LogP contribution < -0.4 is 5.32 Å². The third-order valence-corrected chi connectivity index (χ3v) is 7.93. The first-order valence-electron chi connectivity index (χ1n) is 14.1. The van der Waals surface area contributed by atoms with Crippen LogP contribution in [-0.4, -0.2) is 53.3 Å². The predicted octanol–water partition coefficient (Wildman–Crippen LogP) is 6.83. The first-order valence-corrected chi connectivity index (χ1v) is 14.1. The molecule has 1 aliphatic heterocycles. The van der Waals surface area contributed by atoms with Gasteiger partial charge in [0.15, 0.2) is 0 Å². The van der Waals surface area contributed by atoms with Crippen LogP contribution >= 0.6 is 0 Å². The number of nitrogens with one attached hydrogen (secondary N) is 2. The molecule has 4 heteroatoms. The lowest BCUT2D eigenvalue weighted by Crippen LogP contribution is -2.43. The number of piperidine rings is 1. The zero-order valence-corrected chi connectivity index (χ0v) is 23.5. The zero-order valence-electron chi connectivity index (χ0n) is 23.5. The van der Waals surface area contributed by atoms with E-state index in [0.717, 1.165) is 45.3 Å². The summed E-state index contributed by atoms with van der Waals surface area (Å²) in [5, 5.41) is 15.1. The molecule has 2 heterocycles. The van der Waals surface area contributed by atoms with Gasteiger partial charge in [0, 0.05) is 35.7 Å². The number of aliphatic hydroxyl groups excluding tert-OH is 1. The average molecular weight is 492 g/mol. The molecular formula is C32H49N3O. The molecule has 0 spiro atoms. The van der Waals surface area contributed by atoms with Crippen LogP contribution in [0.3, 0.4) is 0 Å². The fourth-order valence-electron chi connectivity index (χ4n) is 5.36. The van der Waals surface area contributed by atoms with E-state index in [-0.39, 0.29) is 6.10 Å². The maximum atomic E-state index is 10.4. The van der Waals surface area contributed by atoms with Crippen molar-refractivity contribution in [3.05, 3.63) is 65.4 Å². The number of aromatic nitrogens is 1. The largest absolute Gasteiger partial charge is 0.390 e. The lowest BCUT2D eigenvalue weighted by Gasteiger charge is -2.33. The monoisotopic (exact) mass is 491 g/mol. The molecule has 2 aromatic rings. The number of aryl methyl sites for hydroxylation is 1. The van der Waals surface area contributed by atoms with Crippen LogP contribution in [0.5, 0.6) is 0 Å². The summed E-state index contributed by atoms with van der Waals surface area (Å²) in [5.74, 6) is 1.15. The maximum absolute atomic E-state index is 10.4. The summed E-state index contributed by atoms with van der Waals surface area (Å²) in [6.45, 7) is 20.8. The molecule has 0 aliphatic carbocycles. The Hall–Kier alpha value is -2.14. The minimum Gasteiger partial charge on any atom is -0.390 e. The number of aromatic amines is 1. The molecular weight excluding hydrogens is 442 g/mol. The smallest absolute Gasteiger partial charge is 0.0791 e. The van der Waals surface area contributed by atoms with Crippen molar-refractivity contribution >= 4 is 16.5 Å². The molecule has 3 rings (SSSR count). The standard InChI is InChI=1S/C32H49N3O/c1-8-11-27(18-24(7)23(6)9-2)32-29(10-3)30-19-26(12-13-31(30)34-32)25-14-16-35(17-15-25)21-28(36)20-33-22(4)5/h8,11-13,18-19,22-23,25,28,33-34,36H,1,9-10,14-17,20-21H2,2-7H3/b24-18-,27-11+. The molecule has 1 fully saturated rings. The molecule has 1 aliphatic rings. The molecule has 1 aromatic carbocycles. The van der Waals surface area contributed by atoms with Crippen LogP contribution in [0.15, 0.2) is 48.6 Å². The lowest BCUT2D eigenvalue weighted by atomic mass is 9.88. The molecule has 2 unspecified atom stereocenters. The number of hydrogen-bond donors (Lipinski definition) is 3. The zero-order chi connectivity index (χ0) is 26.2. The van der Waals surface area contributed by atoms with Gasteiger partial charge in [-0.25, -0.2) is 0 Å². The summed E-state index contributed by atoms with van der Waals surface area (Å²) < 4.78 is 0. The number of rotatable bonds is 12. The van der Waals surface area contributed by atoms with E-state index in [1.807, 2.05) is 6.08 Å². The molecule has 36 heavy (non-hydrogen) atoms. The third-order valence-electron chi connectivity index (χ3n) is 7.93. The quantitative estimate of drug-likeness (QED) is 0.285. The Balaban J connectivity index is 1.78. The first kappa shape index (κ1) is 28.4. The Kier molecular flexibility index (Phi) is 10.6. The Bertz CT molecular complexity index is 1050. The second-order valence-electron chi connectivity index (χ2n) is 11.0. The molecule has 0 radical (unpaired) electrons. The van der Waals surface area contributed by atoms with E-state index in [2.05, 4.69) is 93.7 Å². The molecule has 0 saturated carbocycles. The number of likely N-dealkylation sites (tertiary alicyclic amines) is 1. The van der Waals surface area contributed by atoms with Crippen molar-refractivity contribution in [2.75, 3.05) is 26.2 Å². The van der Waals surface area contributed by atoms with Crippen LogP contribution in [-0.2, 0) is 6.42 Å². The highest BCUT2D eigenvalue weighted by Crippen LogP contribution is 2.35. The Morgan fingerprint density at radius 1 is 1.22 bits per heavy atom. The highest BCUT2D eigenvalue weighted by Gasteiger charge is 2.23. The summed E-state index contributed by atoms with van der Waals surface area (Å²) >= 11 is 0. The minimum absolute atomic E-state index is 0.304. The summed E-state index contributed by atoms with van der Waals surface area (Å²) in [4.78, 5) is 6.16. The SMILES string of the molecule is C=C/C=C(\C=C(\C)C(C)CC)c1[nH]c2ccc(C3CCN(CC(O)CNC(C)C)CC3)cc2c1CC. The van der Waals surface area contributed by atoms with E-state index >= 15 is 0 Å². The number of allylic oxidation sites excluding steroid dienone is 5. The van der Waals surface area contributed by atoms with Crippen molar-refractivity contribution in [2.45, 2.75) is 85.3 Å².